The predicted octanol–water partition coefficient (Wildman–Crippen LogP) is 4.33. The van der Waals surface area contributed by atoms with Crippen molar-refractivity contribution in [3.8, 4) is 11.5 Å². The summed E-state index contributed by atoms with van der Waals surface area (Å²) in [5.41, 5.74) is 1.82. The number of benzene rings is 1. The summed E-state index contributed by atoms with van der Waals surface area (Å²) >= 11 is 1.52. The van der Waals surface area contributed by atoms with Gasteiger partial charge in [-0.1, -0.05) is 19.9 Å². The van der Waals surface area contributed by atoms with Crippen molar-refractivity contribution in [2.75, 3.05) is 20.8 Å². The van der Waals surface area contributed by atoms with Crippen molar-refractivity contribution in [2.24, 2.45) is 5.92 Å². The lowest BCUT2D eigenvalue weighted by Crippen LogP contribution is -2.30. The summed E-state index contributed by atoms with van der Waals surface area (Å²) in [7, 11) is 3.22. The van der Waals surface area contributed by atoms with Crippen molar-refractivity contribution < 1.29 is 14.3 Å². The number of rotatable bonds is 8. The number of ether oxygens (including phenoxy) is 2. The highest BCUT2D eigenvalue weighted by Gasteiger charge is 2.21. The molecule has 2 aromatic rings. The highest BCUT2D eigenvalue weighted by molar-refractivity contribution is 7.13. The van der Waals surface area contributed by atoms with Gasteiger partial charge < -0.3 is 14.4 Å². The second-order valence-corrected chi connectivity index (χ2v) is 7.71. The lowest BCUT2D eigenvalue weighted by molar-refractivity contribution is 0.0756. The number of carbonyl (C=O) groups is 1. The second-order valence-electron chi connectivity index (χ2n) is 6.63. The van der Waals surface area contributed by atoms with Crippen molar-refractivity contribution in [3.05, 3.63) is 39.3 Å². The van der Waals surface area contributed by atoms with Crippen LogP contribution in [0.1, 0.15) is 46.7 Å². The molecule has 0 saturated carbocycles. The number of aromatic nitrogens is 1. The highest BCUT2D eigenvalue weighted by Crippen LogP contribution is 2.29. The minimum Gasteiger partial charge on any atom is -0.493 e. The lowest BCUT2D eigenvalue weighted by atomic mass is 10.1. The fourth-order valence-corrected chi connectivity index (χ4v) is 4.00. The maximum absolute atomic E-state index is 13.0. The normalized spacial score (nSPS) is 10.9. The van der Waals surface area contributed by atoms with Gasteiger partial charge in [0, 0.05) is 19.5 Å². The first-order valence-electron chi connectivity index (χ1n) is 8.86. The summed E-state index contributed by atoms with van der Waals surface area (Å²) < 4.78 is 10.6. The fraction of sp³-hybridized carbons (Fsp3) is 0.500. The molecule has 0 aliphatic heterocycles. The Morgan fingerprint density at radius 3 is 2.50 bits per heavy atom. The van der Waals surface area contributed by atoms with E-state index in [0.29, 0.717) is 30.5 Å². The van der Waals surface area contributed by atoms with Crippen LogP contribution in [0.4, 0.5) is 0 Å². The van der Waals surface area contributed by atoms with Crippen LogP contribution in [-0.2, 0) is 13.0 Å². The third kappa shape index (κ3) is 4.75. The number of aryl methyl sites for hydroxylation is 1. The van der Waals surface area contributed by atoms with Gasteiger partial charge in [-0.25, -0.2) is 4.98 Å². The van der Waals surface area contributed by atoms with Crippen molar-refractivity contribution in [3.63, 3.8) is 0 Å². The molecule has 6 heteroatoms. The molecule has 1 aromatic heterocycles. The molecule has 1 aromatic carbocycles. The van der Waals surface area contributed by atoms with E-state index < -0.39 is 0 Å². The van der Waals surface area contributed by atoms with E-state index in [9.17, 15) is 4.79 Å². The van der Waals surface area contributed by atoms with Gasteiger partial charge in [-0.05, 0) is 37.5 Å². The molecule has 0 radical (unpaired) electrons. The molecule has 0 fully saturated rings. The van der Waals surface area contributed by atoms with Crippen LogP contribution in [0.2, 0.25) is 0 Å². The number of thiazole rings is 1. The Kier molecular flexibility index (Phi) is 7.03. The average molecular weight is 377 g/mol. The van der Waals surface area contributed by atoms with Gasteiger partial charge >= 0.3 is 0 Å². The van der Waals surface area contributed by atoms with Gasteiger partial charge in [-0.2, -0.15) is 0 Å². The number of nitrogens with zero attached hydrogens (tertiary/aromatic N) is 2. The van der Waals surface area contributed by atoms with Gasteiger partial charge in [0.2, 0.25) is 0 Å². The van der Waals surface area contributed by atoms with Crippen molar-refractivity contribution in [1.29, 1.82) is 0 Å². The first kappa shape index (κ1) is 20.2. The van der Waals surface area contributed by atoms with E-state index in [0.717, 1.165) is 27.6 Å². The predicted molar refractivity (Wildman–Crippen MR) is 105 cm³/mol. The summed E-state index contributed by atoms with van der Waals surface area (Å²) in [6, 6.07) is 5.74. The van der Waals surface area contributed by atoms with Crippen molar-refractivity contribution in [1.82, 2.24) is 9.88 Å². The largest absolute Gasteiger partial charge is 0.493 e. The molecule has 2 rings (SSSR count). The monoisotopic (exact) mass is 376 g/mol. The molecule has 26 heavy (non-hydrogen) atoms. The van der Waals surface area contributed by atoms with Crippen molar-refractivity contribution >= 4 is 17.2 Å². The van der Waals surface area contributed by atoms with E-state index in [2.05, 4.69) is 18.8 Å². The second kappa shape index (κ2) is 9.03. The summed E-state index contributed by atoms with van der Waals surface area (Å²) in [6.07, 6.45) is 0.903. The number of methoxy groups -OCH3 is 2. The zero-order chi connectivity index (χ0) is 19.3. The quantitative estimate of drug-likeness (QED) is 0.688. The zero-order valence-electron chi connectivity index (χ0n) is 16.5. The zero-order valence-corrected chi connectivity index (χ0v) is 17.3. The van der Waals surface area contributed by atoms with Crippen LogP contribution in [-0.4, -0.2) is 36.6 Å². The van der Waals surface area contributed by atoms with Gasteiger partial charge in [0.15, 0.2) is 11.5 Å². The molecule has 1 amide bonds. The molecule has 0 bridgehead atoms. The van der Waals surface area contributed by atoms with Gasteiger partial charge in [0.1, 0.15) is 4.88 Å². The van der Waals surface area contributed by atoms with Crippen LogP contribution in [0.5, 0.6) is 11.5 Å². The molecule has 0 unspecified atom stereocenters. The first-order valence-corrected chi connectivity index (χ1v) is 9.67. The third-order valence-electron chi connectivity index (χ3n) is 4.11. The Morgan fingerprint density at radius 1 is 1.23 bits per heavy atom. The minimum absolute atomic E-state index is 0.0345. The van der Waals surface area contributed by atoms with Gasteiger partial charge in [0.05, 0.1) is 24.9 Å². The van der Waals surface area contributed by atoms with Gasteiger partial charge in [0.25, 0.3) is 5.91 Å². The lowest BCUT2D eigenvalue weighted by Gasteiger charge is -2.21. The van der Waals surface area contributed by atoms with Crippen LogP contribution in [0.3, 0.4) is 0 Å². The van der Waals surface area contributed by atoms with Crippen LogP contribution in [0, 0.1) is 12.8 Å². The molecule has 0 atom stereocenters. The van der Waals surface area contributed by atoms with E-state index in [1.54, 1.807) is 14.2 Å². The molecule has 142 valence electrons. The number of hydrogen-bond donors (Lipinski definition) is 0. The third-order valence-corrected chi connectivity index (χ3v) is 5.28. The van der Waals surface area contributed by atoms with Gasteiger partial charge in [-0.3, -0.25) is 4.79 Å². The Bertz CT molecular complexity index is 756. The smallest absolute Gasteiger partial charge is 0.266 e. The van der Waals surface area contributed by atoms with E-state index in [1.165, 1.54) is 11.3 Å². The van der Waals surface area contributed by atoms with Gasteiger partial charge in [-0.15, -0.1) is 11.3 Å². The van der Waals surface area contributed by atoms with Crippen LogP contribution >= 0.6 is 11.3 Å². The maximum Gasteiger partial charge on any atom is 0.266 e. The molecular formula is C20H28N2O3S. The summed E-state index contributed by atoms with van der Waals surface area (Å²) in [5.74, 6) is 1.91. The van der Waals surface area contributed by atoms with Crippen LogP contribution in [0.15, 0.2) is 18.2 Å². The Hall–Kier alpha value is -2.08. The van der Waals surface area contributed by atoms with Crippen LogP contribution in [0.25, 0.3) is 0 Å². The molecule has 0 spiro atoms. The maximum atomic E-state index is 13.0. The van der Waals surface area contributed by atoms with E-state index in [-0.39, 0.29) is 5.91 Å². The Morgan fingerprint density at radius 2 is 1.92 bits per heavy atom. The summed E-state index contributed by atoms with van der Waals surface area (Å²) in [6.45, 7) is 9.37. The number of hydrogen-bond acceptors (Lipinski definition) is 5. The minimum atomic E-state index is 0.0345. The molecule has 0 aliphatic carbocycles. The molecule has 5 nitrogen and oxygen atoms in total. The number of amides is 1. The van der Waals surface area contributed by atoms with E-state index in [4.69, 9.17) is 9.47 Å². The SMILES string of the molecule is CCN(Cc1ccc(OC)c(OC)c1)C(=O)c1sc(CC(C)C)nc1C. The van der Waals surface area contributed by atoms with E-state index >= 15 is 0 Å². The standard InChI is InChI=1S/C20H28N2O3S/c1-7-22(12-15-8-9-16(24-5)17(11-15)25-6)20(23)19-14(4)21-18(26-19)10-13(2)3/h8-9,11,13H,7,10,12H2,1-6H3. The molecule has 0 aliphatic rings. The molecule has 0 saturated heterocycles. The summed E-state index contributed by atoms with van der Waals surface area (Å²) in [5, 5.41) is 1.03. The van der Waals surface area contributed by atoms with Crippen molar-refractivity contribution in [2.45, 2.75) is 40.7 Å². The Balaban J connectivity index is 2.20. The highest BCUT2D eigenvalue weighted by atomic mass is 32.1. The summed E-state index contributed by atoms with van der Waals surface area (Å²) in [4.78, 5) is 20.2. The molecular weight excluding hydrogens is 348 g/mol. The first-order chi connectivity index (χ1) is 12.4. The fourth-order valence-electron chi connectivity index (χ4n) is 2.76. The Labute approximate surface area is 160 Å². The molecule has 0 N–H and O–H groups in total. The van der Waals surface area contributed by atoms with Crippen LogP contribution < -0.4 is 9.47 Å². The molecule has 1 heterocycles. The van der Waals surface area contributed by atoms with E-state index in [1.807, 2.05) is 36.9 Å². The average Bonchev–Trinajstić information content (AvgIpc) is 2.98. The topological polar surface area (TPSA) is 51.7 Å². The number of carbonyl (C=O) groups excluding carboxylic acids is 1.